The van der Waals surface area contributed by atoms with Crippen LogP contribution in [0, 0.1) is 11.8 Å². The zero-order valence-corrected chi connectivity index (χ0v) is 17.8. The Bertz CT molecular complexity index is 1420. The van der Waals surface area contributed by atoms with Gasteiger partial charge in [-0.05, 0) is 18.2 Å². The van der Waals surface area contributed by atoms with Crippen LogP contribution in [-0.4, -0.2) is 54.0 Å². The van der Waals surface area contributed by atoms with Crippen LogP contribution < -0.4 is 15.8 Å². The second-order valence-corrected chi connectivity index (χ2v) is 7.93. The number of hydrogen-bond donors (Lipinski definition) is 2. The summed E-state index contributed by atoms with van der Waals surface area (Å²) >= 11 is 0. The first-order chi connectivity index (χ1) is 16.0. The molecule has 5 rings (SSSR count). The Morgan fingerprint density at radius 2 is 1.91 bits per heavy atom. The maximum absolute atomic E-state index is 15.2. The Labute approximate surface area is 186 Å². The number of nitrogens with zero attached hydrogens (tertiary/aromatic N) is 3. The van der Waals surface area contributed by atoms with Crippen molar-refractivity contribution in [1.29, 1.82) is 0 Å². The van der Waals surface area contributed by atoms with Crippen LogP contribution in [0.5, 0.6) is 0 Å². The van der Waals surface area contributed by atoms with Crippen molar-refractivity contribution in [2.45, 2.75) is 6.54 Å². The lowest BCUT2D eigenvalue weighted by Crippen LogP contribution is -2.46. The summed E-state index contributed by atoms with van der Waals surface area (Å²) in [5.41, 5.74) is 0.698. The highest BCUT2D eigenvalue weighted by Gasteiger charge is 2.23. The molecule has 2 N–H and O–H groups in total. The quantitative estimate of drug-likeness (QED) is 0.462. The molecule has 4 heterocycles. The molecule has 0 spiro atoms. The monoisotopic (exact) mass is 453 g/mol. The molecule has 4 aromatic rings. The molecular formula is C23H21F2N5O3. The van der Waals surface area contributed by atoms with Crippen LogP contribution in [-0.2, 0) is 6.54 Å². The molecule has 8 nitrogen and oxygen atoms in total. The Balaban J connectivity index is 1.31. The fourth-order valence-corrected chi connectivity index (χ4v) is 4.26. The number of benzene rings is 1. The lowest BCUT2D eigenvalue weighted by atomic mass is 10.1. The lowest BCUT2D eigenvalue weighted by molar-refractivity contribution is 0.0957. The summed E-state index contributed by atoms with van der Waals surface area (Å²) in [7, 11) is 1.46. The summed E-state index contributed by atoms with van der Waals surface area (Å²) in [6, 6.07) is 8.20. The van der Waals surface area contributed by atoms with Crippen molar-refractivity contribution < 1.29 is 18.0 Å². The third-order valence-corrected chi connectivity index (χ3v) is 6.02. The molecule has 1 aromatic carbocycles. The van der Waals surface area contributed by atoms with E-state index >= 15 is 4.39 Å². The number of H-pyrrole nitrogens is 1. The molecule has 10 heteroatoms. The average molecular weight is 453 g/mol. The number of rotatable bonds is 4. The third kappa shape index (κ3) is 3.72. The molecule has 1 aliphatic heterocycles. The van der Waals surface area contributed by atoms with Crippen LogP contribution in [0.3, 0.4) is 0 Å². The van der Waals surface area contributed by atoms with Gasteiger partial charge in [0.1, 0.15) is 5.69 Å². The number of pyridine rings is 2. The molecule has 3 aromatic heterocycles. The highest BCUT2D eigenvalue weighted by Crippen LogP contribution is 2.27. The van der Waals surface area contributed by atoms with E-state index < -0.39 is 23.2 Å². The van der Waals surface area contributed by atoms with Gasteiger partial charge in [-0.25, -0.2) is 9.37 Å². The second-order valence-electron chi connectivity index (χ2n) is 7.93. The number of carbonyl (C=O) groups is 1. The number of amides is 1. The SMILES string of the molecule is CNC(=O)c1ccc(N2CCN(Cc3ccc4c([nH]c(=O)c5occc54)c3F)CC2)c(F)n1. The lowest BCUT2D eigenvalue weighted by Gasteiger charge is -2.36. The maximum atomic E-state index is 15.2. The number of aromatic amines is 1. The van der Waals surface area contributed by atoms with E-state index in [4.69, 9.17) is 4.42 Å². The molecule has 1 saturated heterocycles. The minimum Gasteiger partial charge on any atom is -0.459 e. The van der Waals surface area contributed by atoms with E-state index in [0.29, 0.717) is 54.7 Å². The highest BCUT2D eigenvalue weighted by atomic mass is 19.1. The molecule has 0 bridgehead atoms. The number of carbonyl (C=O) groups excluding carboxylic acids is 1. The number of hydrogen-bond acceptors (Lipinski definition) is 6. The van der Waals surface area contributed by atoms with E-state index in [-0.39, 0.29) is 16.8 Å². The van der Waals surface area contributed by atoms with Crippen LogP contribution >= 0.6 is 0 Å². The van der Waals surface area contributed by atoms with Gasteiger partial charge in [-0.1, -0.05) is 12.1 Å². The fraction of sp³-hybridized carbons (Fsp3) is 0.261. The summed E-state index contributed by atoms with van der Waals surface area (Å²) in [6.45, 7) is 2.59. The normalized spacial score (nSPS) is 14.8. The van der Waals surface area contributed by atoms with Crippen LogP contribution in [0.4, 0.5) is 14.5 Å². The summed E-state index contributed by atoms with van der Waals surface area (Å²) in [6.07, 6.45) is 1.41. The van der Waals surface area contributed by atoms with E-state index in [1.54, 1.807) is 24.3 Å². The number of piperazine rings is 1. The molecule has 170 valence electrons. The topological polar surface area (TPSA) is 94.5 Å². The van der Waals surface area contributed by atoms with Crippen molar-refractivity contribution in [3.05, 3.63) is 70.0 Å². The number of aromatic nitrogens is 2. The van der Waals surface area contributed by atoms with Crippen LogP contribution in [0.25, 0.3) is 21.9 Å². The number of furan rings is 1. The zero-order valence-electron chi connectivity index (χ0n) is 17.8. The Morgan fingerprint density at radius 1 is 1.12 bits per heavy atom. The van der Waals surface area contributed by atoms with E-state index in [1.807, 2.05) is 4.90 Å². The molecular weight excluding hydrogens is 432 g/mol. The van der Waals surface area contributed by atoms with Gasteiger partial charge >= 0.3 is 0 Å². The predicted octanol–water partition coefficient (Wildman–Crippen LogP) is 2.63. The van der Waals surface area contributed by atoms with Gasteiger partial charge in [0.25, 0.3) is 11.5 Å². The van der Waals surface area contributed by atoms with E-state index in [0.717, 1.165) is 0 Å². The largest absolute Gasteiger partial charge is 0.459 e. The Kier molecular flexibility index (Phi) is 5.29. The number of nitrogens with one attached hydrogen (secondary N) is 2. The molecule has 1 amide bonds. The molecule has 1 aliphatic rings. The van der Waals surface area contributed by atoms with Gasteiger partial charge in [-0.2, -0.15) is 4.39 Å². The molecule has 0 radical (unpaired) electrons. The van der Waals surface area contributed by atoms with Gasteiger partial charge in [0.05, 0.1) is 17.5 Å². The van der Waals surface area contributed by atoms with E-state index in [2.05, 4.69) is 20.2 Å². The van der Waals surface area contributed by atoms with Gasteiger partial charge in [-0.3, -0.25) is 14.5 Å². The summed E-state index contributed by atoms with van der Waals surface area (Å²) in [5, 5.41) is 3.58. The summed E-state index contributed by atoms with van der Waals surface area (Å²) in [4.78, 5) is 34.1. The predicted molar refractivity (Wildman–Crippen MR) is 119 cm³/mol. The third-order valence-electron chi connectivity index (χ3n) is 6.02. The van der Waals surface area contributed by atoms with Crippen LogP contribution in [0.2, 0.25) is 0 Å². The number of fused-ring (bicyclic) bond motifs is 3. The minimum absolute atomic E-state index is 0.0231. The fourth-order valence-electron chi connectivity index (χ4n) is 4.26. The average Bonchev–Trinajstić information content (AvgIpc) is 3.32. The molecule has 0 saturated carbocycles. The summed E-state index contributed by atoms with van der Waals surface area (Å²) in [5.74, 6) is -1.60. The van der Waals surface area contributed by atoms with Crippen LogP contribution in [0.15, 0.2) is 45.8 Å². The Hall–Kier alpha value is -3.79. The first-order valence-corrected chi connectivity index (χ1v) is 10.5. The van der Waals surface area contributed by atoms with Crippen molar-refractivity contribution in [1.82, 2.24) is 20.2 Å². The summed E-state index contributed by atoms with van der Waals surface area (Å²) < 4.78 is 34.9. The van der Waals surface area contributed by atoms with Crippen molar-refractivity contribution in [3.63, 3.8) is 0 Å². The highest BCUT2D eigenvalue weighted by molar-refractivity contribution is 6.03. The second kappa shape index (κ2) is 8.28. The maximum Gasteiger partial charge on any atom is 0.292 e. The van der Waals surface area contributed by atoms with Crippen molar-refractivity contribution in [2.75, 3.05) is 38.1 Å². The van der Waals surface area contributed by atoms with E-state index in [1.165, 1.54) is 19.4 Å². The van der Waals surface area contributed by atoms with Crippen molar-refractivity contribution >= 4 is 33.5 Å². The number of halogens is 2. The standard InChI is InChI=1S/C23H21F2N5O3/c1-26-22(31)16-4-5-17(21(25)27-16)30-9-7-29(8-10-30)12-13-2-3-14-15-6-11-33-20(15)23(32)28-19(14)18(13)24/h2-6,11H,7-10,12H2,1H3,(H,26,31)(H,28,32). The first-order valence-electron chi connectivity index (χ1n) is 10.5. The molecule has 33 heavy (non-hydrogen) atoms. The zero-order chi connectivity index (χ0) is 23.1. The van der Waals surface area contributed by atoms with Gasteiger partial charge in [0, 0.05) is 56.1 Å². The molecule has 0 unspecified atom stereocenters. The van der Waals surface area contributed by atoms with Crippen LogP contribution in [0.1, 0.15) is 16.1 Å². The van der Waals surface area contributed by atoms with Gasteiger partial charge in [0.15, 0.2) is 11.4 Å². The molecule has 0 atom stereocenters. The molecule has 1 fully saturated rings. The minimum atomic E-state index is -0.695. The van der Waals surface area contributed by atoms with Crippen molar-refractivity contribution in [2.24, 2.45) is 0 Å². The smallest absolute Gasteiger partial charge is 0.292 e. The number of anilines is 1. The Morgan fingerprint density at radius 3 is 2.64 bits per heavy atom. The van der Waals surface area contributed by atoms with Crippen molar-refractivity contribution in [3.8, 4) is 0 Å². The van der Waals surface area contributed by atoms with Gasteiger partial charge < -0.3 is 19.6 Å². The first kappa shape index (κ1) is 21.1. The van der Waals surface area contributed by atoms with Gasteiger partial charge in [-0.15, -0.1) is 0 Å². The van der Waals surface area contributed by atoms with Gasteiger partial charge in [0.2, 0.25) is 5.95 Å². The van der Waals surface area contributed by atoms with E-state index in [9.17, 15) is 14.0 Å². The molecule has 0 aliphatic carbocycles.